The maximum atomic E-state index is 13.8. The molecule has 1 saturated heterocycles. The van der Waals surface area contributed by atoms with Crippen molar-refractivity contribution in [1.82, 2.24) is 20.5 Å². The number of nitrogens with one attached hydrogen (secondary N) is 3. The fourth-order valence-corrected chi connectivity index (χ4v) is 7.53. The van der Waals surface area contributed by atoms with Gasteiger partial charge in [0, 0.05) is 41.5 Å². The summed E-state index contributed by atoms with van der Waals surface area (Å²) in [6.45, 7) is 4.37. The highest BCUT2D eigenvalue weighted by molar-refractivity contribution is 5.97. The van der Waals surface area contributed by atoms with Crippen molar-refractivity contribution >= 4 is 23.2 Å². The maximum absolute atomic E-state index is 13.8. The van der Waals surface area contributed by atoms with Gasteiger partial charge in [-0.1, -0.05) is 36.4 Å². The molecule has 0 bridgehead atoms. The average molecular weight is 765 g/mol. The van der Waals surface area contributed by atoms with Gasteiger partial charge in [0.15, 0.2) is 11.6 Å². The third-order valence-electron chi connectivity index (χ3n) is 10.9. The number of rotatable bonds is 14. The van der Waals surface area contributed by atoms with Crippen LogP contribution in [0.3, 0.4) is 0 Å². The summed E-state index contributed by atoms with van der Waals surface area (Å²) < 4.78 is 65.8. The molecule has 55 heavy (non-hydrogen) atoms. The number of Topliss-reactive ketones (excluding diaryl/α,β-unsaturated/α-hetero) is 2. The van der Waals surface area contributed by atoms with E-state index in [1.165, 1.54) is 24.3 Å². The van der Waals surface area contributed by atoms with Crippen molar-refractivity contribution in [3.63, 3.8) is 0 Å². The molecule has 2 atom stereocenters. The Morgan fingerprint density at radius 3 is 2.20 bits per heavy atom. The highest BCUT2D eigenvalue weighted by atomic mass is 19.4. The normalized spacial score (nSPS) is 19.6. The molecule has 9 nitrogen and oxygen atoms in total. The second kappa shape index (κ2) is 16.9. The van der Waals surface area contributed by atoms with Crippen LogP contribution >= 0.6 is 0 Å². The number of anilines is 1. The standard InChI is InChI=1S/C41H45F5N6O3/c1-24-18-31(35(53)20-27-16-17-48-23-27)12-15-34(24)28-6-2-25(3-7-28)19-32(21-36(54)29-8-4-26(22-47)5-9-29)38(55)49-33-13-10-30(11-14-33)37-50-39(52-51-37)40(42,43)41(44,45)46/h2-3,6-7,10-15,18,26-27,29,32,48H,4-5,8-9,16-17,19-23,47H2,1H3,(H,49,55)(H,50,51,52)/t26?,27-,29?,32?/m0/s1. The molecule has 2 aliphatic rings. The third kappa shape index (κ3) is 9.53. The lowest BCUT2D eigenvalue weighted by Gasteiger charge is -2.27. The Morgan fingerprint density at radius 2 is 1.58 bits per heavy atom. The number of carbonyl (C=O) groups excluding carboxylic acids is 3. The number of ketones is 2. The van der Waals surface area contributed by atoms with Gasteiger partial charge in [-0.05, 0) is 130 Å². The number of halogens is 5. The minimum atomic E-state index is -5.85. The Balaban J connectivity index is 1.15. The van der Waals surface area contributed by atoms with Crippen LogP contribution in [0.25, 0.3) is 22.5 Å². The number of aromatic nitrogens is 3. The second-order valence-electron chi connectivity index (χ2n) is 14.9. The zero-order valence-corrected chi connectivity index (χ0v) is 30.5. The van der Waals surface area contributed by atoms with Crippen LogP contribution in [0, 0.1) is 30.6 Å². The van der Waals surface area contributed by atoms with E-state index in [0.29, 0.717) is 36.1 Å². The predicted octanol–water partition coefficient (Wildman–Crippen LogP) is 7.81. The lowest BCUT2D eigenvalue weighted by molar-refractivity contribution is -0.292. The second-order valence-corrected chi connectivity index (χ2v) is 14.9. The largest absolute Gasteiger partial charge is 0.461 e. The van der Waals surface area contributed by atoms with E-state index in [2.05, 4.69) is 20.7 Å². The first-order chi connectivity index (χ1) is 26.2. The molecule has 0 radical (unpaired) electrons. The van der Waals surface area contributed by atoms with E-state index in [4.69, 9.17) is 5.73 Å². The molecule has 1 saturated carbocycles. The van der Waals surface area contributed by atoms with Crippen molar-refractivity contribution in [3.05, 3.63) is 89.2 Å². The number of benzene rings is 3. The Labute approximate surface area is 316 Å². The first-order valence-corrected chi connectivity index (χ1v) is 18.7. The number of nitrogens with two attached hydrogens (primary N) is 1. The summed E-state index contributed by atoms with van der Waals surface area (Å²) in [6, 6.07) is 19.3. The molecule has 1 unspecified atom stereocenters. The SMILES string of the molecule is Cc1cc(C(=O)C[C@@H]2CCNC2)ccc1-c1ccc(CC(CC(=O)C2CCC(CN)CC2)C(=O)Nc2ccc(-c3n[nH]c(C(F)(F)C(F)(F)F)n3)cc2)cc1. The number of carbonyl (C=O) groups is 3. The van der Waals surface area contributed by atoms with Crippen LogP contribution in [0.4, 0.5) is 27.6 Å². The summed E-state index contributed by atoms with van der Waals surface area (Å²) in [7, 11) is 0. The van der Waals surface area contributed by atoms with Crippen molar-refractivity contribution in [2.75, 3.05) is 25.0 Å². The minimum Gasteiger partial charge on any atom is -0.330 e. The third-order valence-corrected chi connectivity index (χ3v) is 10.9. The highest BCUT2D eigenvalue weighted by Gasteiger charge is 2.61. The molecule has 0 spiro atoms. The molecular weight excluding hydrogens is 719 g/mol. The van der Waals surface area contributed by atoms with Crippen molar-refractivity contribution in [2.24, 2.45) is 29.4 Å². The highest BCUT2D eigenvalue weighted by Crippen LogP contribution is 2.42. The molecule has 1 aliphatic carbocycles. The van der Waals surface area contributed by atoms with Gasteiger partial charge in [-0.15, -0.1) is 0 Å². The number of H-pyrrole nitrogens is 1. The number of aromatic amines is 1. The fourth-order valence-electron chi connectivity index (χ4n) is 7.53. The molecule has 1 amide bonds. The van der Waals surface area contributed by atoms with Crippen LogP contribution in [0.5, 0.6) is 0 Å². The first-order valence-electron chi connectivity index (χ1n) is 18.7. The Hall–Kier alpha value is -4.82. The number of amides is 1. The van der Waals surface area contributed by atoms with E-state index < -0.39 is 29.7 Å². The Bertz CT molecular complexity index is 1970. The molecular formula is C41H45F5N6O3. The van der Waals surface area contributed by atoms with Gasteiger partial charge in [0.2, 0.25) is 11.7 Å². The first kappa shape index (κ1) is 39.9. The lowest BCUT2D eigenvalue weighted by atomic mass is 9.77. The van der Waals surface area contributed by atoms with E-state index in [9.17, 15) is 36.3 Å². The smallest absolute Gasteiger partial charge is 0.330 e. The van der Waals surface area contributed by atoms with Gasteiger partial charge in [-0.3, -0.25) is 19.5 Å². The van der Waals surface area contributed by atoms with Crippen LogP contribution < -0.4 is 16.4 Å². The number of hydrogen-bond acceptors (Lipinski definition) is 7. The number of aryl methyl sites for hydroxylation is 1. The predicted molar refractivity (Wildman–Crippen MR) is 198 cm³/mol. The van der Waals surface area contributed by atoms with E-state index >= 15 is 0 Å². The van der Waals surface area contributed by atoms with Crippen molar-refractivity contribution in [2.45, 2.75) is 70.4 Å². The van der Waals surface area contributed by atoms with Gasteiger partial charge in [0.1, 0.15) is 5.78 Å². The van der Waals surface area contributed by atoms with Crippen molar-refractivity contribution < 1.29 is 36.3 Å². The van der Waals surface area contributed by atoms with Gasteiger partial charge < -0.3 is 16.4 Å². The van der Waals surface area contributed by atoms with Gasteiger partial charge >= 0.3 is 12.1 Å². The number of alkyl halides is 5. The summed E-state index contributed by atoms with van der Waals surface area (Å²) in [5, 5.41) is 11.3. The quantitative estimate of drug-likeness (QED) is 0.0758. The molecule has 2 heterocycles. The molecule has 1 aromatic heterocycles. The van der Waals surface area contributed by atoms with Crippen molar-refractivity contribution in [3.8, 4) is 22.5 Å². The monoisotopic (exact) mass is 764 g/mol. The molecule has 4 aromatic rings. The van der Waals surface area contributed by atoms with Crippen LogP contribution in [-0.2, 0) is 21.9 Å². The maximum Gasteiger partial charge on any atom is 0.461 e. The lowest BCUT2D eigenvalue weighted by Crippen LogP contribution is -2.34. The molecule has 5 N–H and O–H groups in total. The minimum absolute atomic E-state index is 0.0214. The Morgan fingerprint density at radius 1 is 0.891 bits per heavy atom. The van der Waals surface area contributed by atoms with Gasteiger partial charge in [0.25, 0.3) is 0 Å². The zero-order valence-electron chi connectivity index (χ0n) is 30.5. The number of hydrogen-bond donors (Lipinski definition) is 4. The van der Waals surface area contributed by atoms with Crippen LogP contribution in [0.15, 0.2) is 66.7 Å². The average Bonchev–Trinajstić information content (AvgIpc) is 3.88. The van der Waals surface area contributed by atoms with E-state index in [1.54, 1.807) is 5.10 Å². The number of nitrogens with zero attached hydrogens (tertiary/aromatic N) is 2. The molecule has 1 aliphatic heterocycles. The van der Waals surface area contributed by atoms with Gasteiger partial charge in [0.05, 0.1) is 0 Å². The molecule has 292 valence electrons. The summed E-state index contributed by atoms with van der Waals surface area (Å²) >= 11 is 0. The van der Waals surface area contributed by atoms with E-state index in [1.807, 2.05) is 49.4 Å². The van der Waals surface area contributed by atoms with Crippen LogP contribution in [0.1, 0.15) is 72.3 Å². The summed E-state index contributed by atoms with van der Waals surface area (Å²) in [4.78, 5) is 43.6. The van der Waals surface area contributed by atoms with Gasteiger partial charge in [-0.25, -0.2) is 4.98 Å². The van der Waals surface area contributed by atoms with Crippen LogP contribution in [0.2, 0.25) is 0 Å². The van der Waals surface area contributed by atoms with E-state index in [-0.39, 0.29) is 41.7 Å². The summed E-state index contributed by atoms with van der Waals surface area (Å²) in [5.74, 6) is -7.54. The zero-order chi connectivity index (χ0) is 39.3. The summed E-state index contributed by atoms with van der Waals surface area (Å²) in [5.41, 5.74) is 10.8. The van der Waals surface area contributed by atoms with E-state index in [0.717, 1.165) is 67.4 Å². The summed E-state index contributed by atoms with van der Waals surface area (Å²) in [6.07, 6.45) is -0.815. The topological polar surface area (TPSA) is 143 Å². The van der Waals surface area contributed by atoms with Crippen molar-refractivity contribution in [1.29, 1.82) is 0 Å². The molecule has 3 aromatic carbocycles. The van der Waals surface area contributed by atoms with Crippen LogP contribution in [-0.4, -0.2) is 58.5 Å². The fraction of sp³-hybridized carbons (Fsp3) is 0.439. The molecule has 14 heteroatoms. The molecule has 6 rings (SSSR count). The van der Waals surface area contributed by atoms with Gasteiger partial charge in [-0.2, -0.15) is 27.1 Å². The molecule has 2 fully saturated rings. The Kier molecular flexibility index (Phi) is 12.3.